The van der Waals surface area contributed by atoms with Gasteiger partial charge in [0.2, 0.25) is 0 Å². The summed E-state index contributed by atoms with van der Waals surface area (Å²) in [6, 6.07) is 2.74. The number of nitrogens with zero attached hydrogens (tertiary/aromatic N) is 4. The molecule has 0 aliphatic heterocycles. The first-order valence-corrected chi connectivity index (χ1v) is 4.59. The smallest absolute Gasteiger partial charge is 0.354 e. The molecule has 2 aromatic heterocycles. The Kier molecular flexibility index (Phi) is 2.74. The maximum absolute atomic E-state index is 10.8. The molecule has 0 aliphatic rings. The molecule has 2 rings (SSSR count). The predicted molar refractivity (Wildman–Crippen MR) is 55.0 cm³/mol. The van der Waals surface area contributed by atoms with Gasteiger partial charge in [0.15, 0.2) is 11.5 Å². The van der Waals surface area contributed by atoms with Crippen molar-refractivity contribution in [2.45, 2.75) is 0 Å². The third-order valence-corrected chi connectivity index (χ3v) is 1.92. The van der Waals surface area contributed by atoms with Crippen molar-refractivity contribution in [1.82, 2.24) is 19.9 Å². The molecule has 7 heteroatoms. The van der Waals surface area contributed by atoms with E-state index in [1.165, 1.54) is 18.6 Å². The summed E-state index contributed by atoms with van der Waals surface area (Å²) in [5.41, 5.74) is 0.244. The van der Waals surface area contributed by atoms with Crippen LogP contribution in [0.3, 0.4) is 0 Å². The molecular weight excluding hydrogens is 232 g/mol. The third kappa shape index (κ3) is 2.12. The van der Waals surface area contributed by atoms with Crippen LogP contribution in [0.15, 0.2) is 24.7 Å². The zero-order valence-corrected chi connectivity index (χ0v) is 8.59. The second kappa shape index (κ2) is 4.19. The van der Waals surface area contributed by atoms with Crippen LogP contribution in [0.4, 0.5) is 0 Å². The molecule has 6 nitrogen and oxygen atoms in total. The van der Waals surface area contributed by atoms with E-state index in [1.807, 2.05) is 0 Å². The fraction of sp³-hybridized carbons (Fsp3) is 0. The van der Waals surface area contributed by atoms with Crippen LogP contribution < -0.4 is 0 Å². The van der Waals surface area contributed by atoms with Gasteiger partial charge in [-0.05, 0) is 6.07 Å². The summed E-state index contributed by atoms with van der Waals surface area (Å²) >= 11 is 5.69. The molecular formula is C9H5ClN4O2. The Morgan fingerprint density at radius 3 is 2.81 bits per heavy atom. The van der Waals surface area contributed by atoms with E-state index in [9.17, 15) is 4.79 Å². The SMILES string of the molecule is O=C(O)c1cc(Cl)nc(-c2ccncn2)n1. The number of hydrogen-bond donors (Lipinski definition) is 1. The van der Waals surface area contributed by atoms with Gasteiger partial charge in [-0.3, -0.25) is 0 Å². The van der Waals surface area contributed by atoms with Gasteiger partial charge in [0.25, 0.3) is 0 Å². The predicted octanol–water partition coefficient (Wildman–Crippen LogP) is 1.29. The minimum absolute atomic E-state index is 0.0565. The number of carboxylic acids is 1. The van der Waals surface area contributed by atoms with Crippen molar-refractivity contribution >= 4 is 17.6 Å². The maximum Gasteiger partial charge on any atom is 0.354 e. The summed E-state index contributed by atoms with van der Waals surface area (Å²) in [7, 11) is 0. The zero-order valence-electron chi connectivity index (χ0n) is 7.83. The Balaban J connectivity index is 2.54. The molecule has 0 fully saturated rings. The number of rotatable bonds is 2. The molecule has 80 valence electrons. The first-order valence-electron chi connectivity index (χ1n) is 4.21. The van der Waals surface area contributed by atoms with E-state index in [-0.39, 0.29) is 16.7 Å². The minimum atomic E-state index is -1.17. The second-order valence-corrected chi connectivity index (χ2v) is 3.19. The summed E-state index contributed by atoms with van der Waals surface area (Å²) in [6.45, 7) is 0. The number of aromatic nitrogens is 4. The van der Waals surface area contributed by atoms with Gasteiger partial charge in [-0.1, -0.05) is 11.6 Å². The normalized spacial score (nSPS) is 10.1. The van der Waals surface area contributed by atoms with Crippen LogP contribution in [0.5, 0.6) is 0 Å². The molecule has 0 saturated carbocycles. The van der Waals surface area contributed by atoms with Gasteiger partial charge in [0.05, 0.1) is 0 Å². The van der Waals surface area contributed by atoms with Gasteiger partial charge >= 0.3 is 5.97 Å². The topological polar surface area (TPSA) is 88.9 Å². The van der Waals surface area contributed by atoms with Crippen molar-refractivity contribution in [3.05, 3.63) is 35.5 Å². The standard InChI is InChI=1S/C9H5ClN4O2/c10-7-3-6(9(15)16)13-8(14-7)5-1-2-11-4-12-5/h1-4H,(H,15,16). The van der Waals surface area contributed by atoms with Crippen molar-refractivity contribution in [1.29, 1.82) is 0 Å². The van der Waals surface area contributed by atoms with E-state index < -0.39 is 5.97 Å². The van der Waals surface area contributed by atoms with Crippen LogP contribution in [-0.4, -0.2) is 31.0 Å². The van der Waals surface area contributed by atoms with Gasteiger partial charge in [-0.2, -0.15) is 0 Å². The Labute approximate surface area is 95.0 Å². The quantitative estimate of drug-likeness (QED) is 0.791. The molecule has 0 aliphatic carbocycles. The summed E-state index contributed by atoms with van der Waals surface area (Å²) < 4.78 is 0. The van der Waals surface area contributed by atoms with Gasteiger partial charge in [-0.25, -0.2) is 24.7 Å². The van der Waals surface area contributed by atoms with Crippen molar-refractivity contribution in [2.24, 2.45) is 0 Å². The molecule has 0 amide bonds. The highest BCUT2D eigenvalue weighted by Crippen LogP contribution is 2.15. The summed E-state index contributed by atoms with van der Waals surface area (Å²) in [4.78, 5) is 26.1. The van der Waals surface area contributed by atoms with Crippen LogP contribution in [-0.2, 0) is 0 Å². The third-order valence-electron chi connectivity index (χ3n) is 1.73. The second-order valence-electron chi connectivity index (χ2n) is 2.80. The minimum Gasteiger partial charge on any atom is -0.477 e. The number of aromatic carboxylic acids is 1. The van der Waals surface area contributed by atoms with Crippen molar-refractivity contribution in [3.8, 4) is 11.5 Å². The first kappa shape index (κ1) is 10.4. The zero-order chi connectivity index (χ0) is 11.5. The fourth-order valence-electron chi connectivity index (χ4n) is 1.06. The highest BCUT2D eigenvalue weighted by molar-refractivity contribution is 6.29. The number of carboxylic acid groups (broad SMARTS) is 1. The molecule has 2 heterocycles. The summed E-state index contributed by atoms with van der Waals surface area (Å²) in [6.07, 6.45) is 2.83. The highest BCUT2D eigenvalue weighted by Gasteiger charge is 2.11. The number of halogens is 1. The number of hydrogen-bond acceptors (Lipinski definition) is 5. The molecule has 0 radical (unpaired) electrons. The average Bonchev–Trinajstić information content (AvgIpc) is 2.29. The molecule has 1 N–H and O–H groups in total. The Morgan fingerprint density at radius 1 is 1.38 bits per heavy atom. The van der Waals surface area contributed by atoms with E-state index in [2.05, 4.69) is 19.9 Å². The summed E-state index contributed by atoms with van der Waals surface area (Å²) in [5.74, 6) is -1.01. The lowest BCUT2D eigenvalue weighted by molar-refractivity contribution is 0.0690. The Hall–Kier alpha value is -2.08. The lowest BCUT2D eigenvalue weighted by Crippen LogP contribution is -2.03. The van der Waals surface area contributed by atoms with Crippen molar-refractivity contribution in [3.63, 3.8) is 0 Å². The van der Waals surface area contributed by atoms with E-state index in [0.717, 1.165) is 0 Å². The van der Waals surface area contributed by atoms with Crippen LogP contribution >= 0.6 is 11.6 Å². The first-order chi connectivity index (χ1) is 7.66. The van der Waals surface area contributed by atoms with E-state index in [0.29, 0.717) is 5.69 Å². The molecule has 0 aromatic carbocycles. The van der Waals surface area contributed by atoms with Gasteiger partial charge in [0.1, 0.15) is 17.2 Å². The lowest BCUT2D eigenvalue weighted by atomic mass is 10.3. The fourth-order valence-corrected chi connectivity index (χ4v) is 1.25. The van der Waals surface area contributed by atoms with Gasteiger partial charge in [-0.15, -0.1) is 0 Å². The Bertz CT molecular complexity index is 532. The number of carbonyl (C=O) groups is 1. The Morgan fingerprint density at radius 2 is 2.19 bits per heavy atom. The maximum atomic E-state index is 10.8. The molecule has 2 aromatic rings. The van der Waals surface area contributed by atoms with Crippen molar-refractivity contribution < 1.29 is 9.90 Å². The largest absolute Gasteiger partial charge is 0.477 e. The lowest BCUT2D eigenvalue weighted by Gasteiger charge is -2.00. The van der Waals surface area contributed by atoms with Crippen LogP contribution in [0.25, 0.3) is 11.5 Å². The molecule has 0 bridgehead atoms. The van der Waals surface area contributed by atoms with Crippen molar-refractivity contribution in [2.75, 3.05) is 0 Å². The molecule has 0 atom stereocenters. The van der Waals surface area contributed by atoms with Crippen LogP contribution in [0.1, 0.15) is 10.5 Å². The van der Waals surface area contributed by atoms with E-state index in [4.69, 9.17) is 16.7 Å². The monoisotopic (exact) mass is 236 g/mol. The van der Waals surface area contributed by atoms with E-state index >= 15 is 0 Å². The molecule has 16 heavy (non-hydrogen) atoms. The van der Waals surface area contributed by atoms with Gasteiger partial charge < -0.3 is 5.11 Å². The summed E-state index contributed by atoms with van der Waals surface area (Å²) in [5, 5.41) is 8.86. The van der Waals surface area contributed by atoms with E-state index in [1.54, 1.807) is 6.07 Å². The average molecular weight is 237 g/mol. The van der Waals surface area contributed by atoms with Gasteiger partial charge in [0, 0.05) is 12.3 Å². The molecule has 0 spiro atoms. The highest BCUT2D eigenvalue weighted by atomic mass is 35.5. The molecule has 0 unspecified atom stereocenters. The van der Waals surface area contributed by atoms with Crippen LogP contribution in [0, 0.1) is 0 Å². The van der Waals surface area contributed by atoms with Crippen LogP contribution in [0.2, 0.25) is 5.15 Å². The molecule has 0 saturated heterocycles.